The van der Waals surface area contributed by atoms with Gasteiger partial charge in [-0.05, 0) is 55.2 Å². The van der Waals surface area contributed by atoms with Crippen LogP contribution >= 0.6 is 0 Å². The number of hydrogen-bond acceptors (Lipinski definition) is 5. The Labute approximate surface area is 208 Å². The molecule has 1 aliphatic rings. The summed E-state index contributed by atoms with van der Waals surface area (Å²) in [4.78, 5) is 28.3. The lowest BCUT2D eigenvalue weighted by Crippen LogP contribution is -2.31. The number of nitrogens with zero attached hydrogens (tertiary/aromatic N) is 2. The zero-order valence-corrected chi connectivity index (χ0v) is 21.3. The summed E-state index contributed by atoms with van der Waals surface area (Å²) < 4.78 is 0. The first kappa shape index (κ1) is 26.3. The minimum absolute atomic E-state index is 0.0398. The van der Waals surface area contributed by atoms with E-state index < -0.39 is 11.9 Å². The lowest BCUT2D eigenvalue weighted by molar-refractivity contribution is -0.137. The number of hydrogen-bond donors (Lipinski definition) is 2. The number of anilines is 2. The minimum atomic E-state index is -0.843. The fraction of sp³-hybridized carbons (Fsp3) is 0.448. The molecule has 2 aromatic carbocycles. The molecule has 0 amide bonds. The Bertz CT molecular complexity index is 1040. The number of Topliss-reactive ketones (excluding diaryl/α,β-unsaturated/α-hetero) is 1. The van der Waals surface area contributed by atoms with Crippen LogP contribution in [0.15, 0.2) is 54.3 Å². The predicted octanol–water partition coefficient (Wildman–Crippen LogP) is 6.03. The van der Waals surface area contributed by atoms with Gasteiger partial charge in [-0.2, -0.15) is 0 Å². The molecule has 0 radical (unpaired) electrons. The third kappa shape index (κ3) is 6.05. The third-order valence-electron chi connectivity index (χ3n) is 6.89. The molecule has 2 aromatic rings. The summed E-state index contributed by atoms with van der Waals surface area (Å²) in [6.45, 7) is 8.29. The maximum absolute atomic E-state index is 13.0. The quantitative estimate of drug-likeness (QED) is 0.366. The van der Waals surface area contributed by atoms with Gasteiger partial charge in [0.2, 0.25) is 0 Å². The van der Waals surface area contributed by atoms with Crippen LogP contribution in [0.1, 0.15) is 69.9 Å². The zero-order chi connectivity index (χ0) is 25.5. The molecule has 2 N–H and O–H groups in total. The van der Waals surface area contributed by atoms with Crippen molar-refractivity contribution in [2.75, 3.05) is 29.9 Å². The van der Waals surface area contributed by atoms with Crippen LogP contribution in [0, 0.1) is 0 Å². The van der Waals surface area contributed by atoms with Crippen molar-refractivity contribution in [3.63, 3.8) is 0 Å². The van der Waals surface area contributed by atoms with Crippen LogP contribution in [0.4, 0.5) is 11.4 Å². The average molecular weight is 479 g/mol. The molecule has 6 heteroatoms. The van der Waals surface area contributed by atoms with E-state index in [1.165, 1.54) is 0 Å². The summed E-state index contributed by atoms with van der Waals surface area (Å²) in [6, 6.07) is 15.2. The second-order valence-corrected chi connectivity index (χ2v) is 9.45. The Kier molecular flexibility index (Phi) is 8.96. The minimum Gasteiger partial charge on any atom is -0.510 e. The van der Waals surface area contributed by atoms with Gasteiger partial charge >= 0.3 is 5.97 Å². The molecule has 0 spiro atoms. The van der Waals surface area contributed by atoms with E-state index in [4.69, 9.17) is 5.11 Å². The number of carboxylic acid groups (broad SMARTS) is 1. The maximum Gasteiger partial charge on any atom is 0.305 e. The molecule has 0 saturated heterocycles. The Balaban J connectivity index is 1.73. The van der Waals surface area contributed by atoms with Crippen molar-refractivity contribution in [3.05, 3.63) is 65.4 Å². The molecule has 0 heterocycles. The van der Waals surface area contributed by atoms with Crippen molar-refractivity contribution < 1.29 is 19.8 Å². The fourth-order valence-corrected chi connectivity index (χ4v) is 4.51. The van der Waals surface area contributed by atoms with Gasteiger partial charge in [-0.3, -0.25) is 9.59 Å². The van der Waals surface area contributed by atoms with Gasteiger partial charge in [0.05, 0.1) is 12.0 Å². The highest BCUT2D eigenvalue weighted by Crippen LogP contribution is 2.43. The van der Waals surface area contributed by atoms with Gasteiger partial charge < -0.3 is 20.0 Å². The van der Waals surface area contributed by atoms with E-state index >= 15 is 0 Å². The third-order valence-corrected chi connectivity index (χ3v) is 6.89. The first-order valence-electron chi connectivity index (χ1n) is 12.7. The number of aliphatic hydroxyl groups excluding tert-OH is 1. The smallest absolute Gasteiger partial charge is 0.305 e. The van der Waals surface area contributed by atoms with Crippen LogP contribution in [-0.4, -0.2) is 48.1 Å². The molecule has 1 aliphatic carbocycles. The molecule has 0 aromatic heterocycles. The van der Waals surface area contributed by atoms with Crippen LogP contribution in [0.5, 0.6) is 0 Å². The highest BCUT2D eigenvalue weighted by Gasteiger charge is 2.41. The Morgan fingerprint density at radius 1 is 0.943 bits per heavy atom. The largest absolute Gasteiger partial charge is 0.510 e. The van der Waals surface area contributed by atoms with Gasteiger partial charge in [-0.1, -0.05) is 51.0 Å². The molecule has 2 unspecified atom stereocenters. The molecule has 0 bridgehead atoms. The standard InChI is InChI=1S/C29H38N2O4/c1-5-7-17-31(18-8-6-2)24-15-11-22(12-16-24)27-28(34)26(29(27)35)21-9-13-23(14-10-21)30(4)20(3)19-25(32)33/h9-16,20,27,34H,5-8,17-19H2,1-4H3,(H,32,33). The molecule has 6 nitrogen and oxygen atoms in total. The summed E-state index contributed by atoms with van der Waals surface area (Å²) in [5.74, 6) is -1.43. The van der Waals surface area contributed by atoms with E-state index in [0.717, 1.165) is 55.7 Å². The second kappa shape index (κ2) is 11.9. The number of unbranched alkanes of at least 4 members (excludes halogenated alkanes) is 2. The fourth-order valence-electron chi connectivity index (χ4n) is 4.51. The van der Waals surface area contributed by atoms with Crippen molar-refractivity contribution in [2.24, 2.45) is 0 Å². The van der Waals surface area contributed by atoms with Crippen molar-refractivity contribution in [1.29, 1.82) is 0 Å². The number of benzene rings is 2. The van der Waals surface area contributed by atoms with Crippen molar-refractivity contribution >= 4 is 28.7 Å². The summed E-state index contributed by atoms with van der Waals surface area (Å²) >= 11 is 0. The number of allylic oxidation sites excluding steroid dienone is 2. The van der Waals surface area contributed by atoms with Crippen LogP contribution in [-0.2, 0) is 9.59 Å². The number of carbonyl (C=O) groups is 2. The number of aliphatic carboxylic acids is 1. The molecule has 0 saturated carbocycles. The van der Waals surface area contributed by atoms with Gasteiger partial charge in [-0.15, -0.1) is 0 Å². The van der Waals surface area contributed by atoms with Crippen molar-refractivity contribution in [1.82, 2.24) is 0 Å². The molecule has 2 atom stereocenters. The molecule has 0 fully saturated rings. The summed E-state index contributed by atoms with van der Waals surface area (Å²) in [6.07, 6.45) is 4.63. The number of aliphatic hydroxyl groups is 1. The lowest BCUT2D eigenvalue weighted by Gasteiger charge is -2.30. The number of carbonyl (C=O) groups excluding carboxylic acids is 1. The molecule has 0 aliphatic heterocycles. The Hall–Kier alpha value is -3.28. The van der Waals surface area contributed by atoms with Crippen molar-refractivity contribution in [2.45, 2.75) is 64.8 Å². The topological polar surface area (TPSA) is 81.1 Å². The monoisotopic (exact) mass is 478 g/mol. The number of carboxylic acids is 1. The average Bonchev–Trinajstić information content (AvgIpc) is 2.84. The summed E-state index contributed by atoms with van der Waals surface area (Å²) in [7, 11) is 1.85. The zero-order valence-electron chi connectivity index (χ0n) is 21.3. The Morgan fingerprint density at radius 2 is 1.49 bits per heavy atom. The molecular formula is C29H38N2O4. The van der Waals surface area contributed by atoms with Gasteiger partial charge in [0.15, 0.2) is 5.78 Å². The lowest BCUT2D eigenvalue weighted by atomic mass is 9.75. The van der Waals surface area contributed by atoms with E-state index in [0.29, 0.717) is 11.1 Å². The van der Waals surface area contributed by atoms with E-state index in [1.807, 2.05) is 43.1 Å². The first-order valence-corrected chi connectivity index (χ1v) is 12.7. The Morgan fingerprint density at radius 3 is 1.97 bits per heavy atom. The van der Waals surface area contributed by atoms with E-state index in [-0.39, 0.29) is 24.0 Å². The van der Waals surface area contributed by atoms with Crippen molar-refractivity contribution in [3.8, 4) is 0 Å². The van der Waals surface area contributed by atoms with E-state index in [2.05, 4.69) is 30.9 Å². The van der Waals surface area contributed by atoms with Crippen LogP contribution in [0.2, 0.25) is 0 Å². The predicted molar refractivity (Wildman–Crippen MR) is 142 cm³/mol. The highest BCUT2D eigenvalue weighted by atomic mass is 16.4. The van der Waals surface area contributed by atoms with E-state index in [9.17, 15) is 14.7 Å². The molecule has 35 heavy (non-hydrogen) atoms. The molecular weight excluding hydrogens is 440 g/mol. The van der Waals surface area contributed by atoms with Gasteiger partial charge in [0.25, 0.3) is 0 Å². The normalized spacial score (nSPS) is 16.1. The number of rotatable bonds is 13. The SMILES string of the molecule is CCCCN(CCCC)c1ccc(C2C(=O)C(c3ccc(N(C)C(C)CC(=O)O)cc3)=C2O)cc1. The van der Waals surface area contributed by atoms with Gasteiger partial charge in [0, 0.05) is 37.6 Å². The van der Waals surface area contributed by atoms with E-state index in [1.54, 1.807) is 12.1 Å². The second-order valence-electron chi connectivity index (χ2n) is 9.45. The summed E-state index contributed by atoms with van der Waals surface area (Å²) in [5, 5.41) is 19.8. The van der Waals surface area contributed by atoms with Crippen LogP contribution < -0.4 is 9.80 Å². The number of ketones is 1. The molecule has 188 valence electrons. The first-order chi connectivity index (χ1) is 16.8. The highest BCUT2D eigenvalue weighted by molar-refractivity contribution is 6.31. The molecule has 3 rings (SSSR count). The van der Waals surface area contributed by atoms with Crippen LogP contribution in [0.25, 0.3) is 5.57 Å². The summed E-state index contributed by atoms with van der Waals surface area (Å²) in [5.41, 5.74) is 3.86. The van der Waals surface area contributed by atoms with Gasteiger partial charge in [0.1, 0.15) is 11.7 Å². The van der Waals surface area contributed by atoms with Crippen LogP contribution in [0.3, 0.4) is 0 Å². The van der Waals surface area contributed by atoms with Gasteiger partial charge in [-0.25, -0.2) is 0 Å². The maximum atomic E-state index is 13.0.